The molecular formula is C31H40ClN3O5. The smallest absolute Gasteiger partial charge is 0.253 e. The fourth-order valence-corrected chi connectivity index (χ4v) is 7.25. The Labute approximate surface area is 241 Å². The molecule has 4 heterocycles. The number of rotatable bonds is 10. The Morgan fingerprint density at radius 3 is 2.33 bits per heavy atom. The number of unbranched alkanes of at least 4 members (excludes halogenated alkanes) is 3. The van der Waals surface area contributed by atoms with Crippen LogP contribution in [0.5, 0.6) is 0 Å². The molecule has 40 heavy (non-hydrogen) atoms. The van der Waals surface area contributed by atoms with Crippen LogP contribution in [0.1, 0.15) is 52.4 Å². The summed E-state index contributed by atoms with van der Waals surface area (Å²) in [6.45, 7) is 5.95. The number of carbonyl (C=O) groups is 3. The van der Waals surface area contributed by atoms with Gasteiger partial charge in [0.1, 0.15) is 11.6 Å². The van der Waals surface area contributed by atoms with Crippen LogP contribution in [0.2, 0.25) is 5.02 Å². The monoisotopic (exact) mass is 569 g/mol. The average molecular weight is 570 g/mol. The zero-order valence-electron chi connectivity index (χ0n) is 23.4. The predicted molar refractivity (Wildman–Crippen MR) is 154 cm³/mol. The number of carbonyl (C=O) groups excluding carboxylic acids is 3. The molecule has 1 aromatic rings. The second-order valence-electron chi connectivity index (χ2n) is 11.3. The lowest BCUT2D eigenvalue weighted by atomic mass is 9.73. The summed E-state index contributed by atoms with van der Waals surface area (Å²) in [4.78, 5) is 48.2. The third-order valence-corrected chi connectivity index (χ3v) is 9.21. The molecule has 3 amide bonds. The Balaban J connectivity index is 1.58. The van der Waals surface area contributed by atoms with Crippen molar-refractivity contribution in [2.24, 2.45) is 11.8 Å². The summed E-state index contributed by atoms with van der Waals surface area (Å²) in [5.74, 6) is -2.00. The maximum Gasteiger partial charge on any atom is 0.253 e. The van der Waals surface area contributed by atoms with Crippen LogP contribution < -0.4 is 4.90 Å². The molecule has 8 nitrogen and oxygen atoms in total. The SMILES string of the molecule is CCCN1CC=C[C@]2(CC)O[C@]34C=CCN(c5ccc(Cl)cc5)C(=O)C3N(CCCCCCO)C(=O)[C@@H]4[C@@H]2C1=O. The van der Waals surface area contributed by atoms with E-state index in [2.05, 4.69) is 0 Å². The molecule has 1 spiro atoms. The number of fused-ring (bicyclic) bond motifs is 2. The molecule has 5 atom stereocenters. The lowest BCUT2D eigenvalue weighted by Gasteiger charge is -2.38. The van der Waals surface area contributed by atoms with E-state index >= 15 is 0 Å². The third kappa shape index (κ3) is 4.68. The fraction of sp³-hybridized carbons (Fsp3) is 0.581. The molecule has 0 saturated carbocycles. The van der Waals surface area contributed by atoms with Crippen LogP contribution in [0.3, 0.4) is 0 Å². The highest BCUT2D eigenvalue weighted by Gasteiger charge is 2.75. The second kappa shape index (κ2) is 11.7. The van der Waals surface area contributed by atoms with Gasteiger partial charge in [-0.3, -0.25) is 14.4 Å². The Kier molecular flexibility index (Phi) is 8.41. The molecular weight excluding hydrogens is 530 g/mol. The number of anilines is 1. The Morgan fingerprint density at radius 1 is 0.900 bits per heavy atom. The zero-order chi connectivity index (χ0) is 28.5. The molecule has 0 radical (unpaired) electrons. The molecule has 4 aliphatic rings. The first-order valence-corrected chi connectivity index (χ1v) is 15.0. The normalized spacial score (nSPS) is 31.4. The van der Waals surface area contributed by atoms with E-state index in [0.29, 0.717) is 56.2 Å². The van der Waals surface area contributed by atoms with E-state index in [1.165, 1.54) is 0 Å². The van der Waals surface area contributed by atoms with Crippen LogP contribution in [0.4, 0.5) is 5.69 Å². The lowest BCUT2D eigenvalue weighted by Crippen LogP contribution is -2.56. The van der Waals surface area contributed by atoms with Gasteiger partial charge >= 0.3 is 0 Å². The summed E-state index contributed by atoms with van der Waals surface area (Å²) in [5, 5.41) is 9.75. The average Bonchev–Trinajstić information content (AvgIpc) is 3.23. The summed E-state index contributed by atoms with van der Waals surface area (Å²) in [7, 11) is 0. The number of likely N-dealkylation sites (tertiary alicyclic amines) is 1. The first kappa shape index (κ1) is 28.8. The molecule has 2 fully saturated rings. The first-order valence-electron chi connectivity index (χ1n) is 14.7. The Morgan fingerprint density at radius 2 is 1.62 bits per heavy atom. The van der Waals surface area contributed by atoms with E-state index < -0.39 is 29.1 Å². The summed E-state index contributed by atoms with van der Waals surface area (Å²) < 4.78 is 7.01. The van der Waals surface area contributed by atoms with Crippen molar-refractivity contribution in [1.82, 2.24) is 9.80 Å². The van der Waals surface area contributed by atoms with Gasteiger partial charge in [-0.1, -0.05) is 62.6 Å². The van der Waals surface area contributed by atoms with Gasteiger partial charge in [-0.15, -0.1) is 0 Å². The van der Waals surface area contributed by atoms with Gasteiger partial charge < -0.3 is 24.5 Å². The molecule has 0 aliphatic carbocycles. The number of aliphatic hydroxyl groups excluding tert-OH is 1. The zero-order valence-corrected chi connectivity index (χ0v) is 24.2. The van der Waals surface area contributed by atoms with Crippen molar-refractivity contribution in [3.8, 4) is 0 Å². The van der Waals surface area contributed by atoms with Gasteiger partial charge in [0, 0.05) is 43.5 Å². The predicted octanol–water partition coefficient (Wildman–Crippen LogP) is 3.96. The molecule has 0 aromatic heterocycles. The van der Waals surface area contributed by atoms with Crippen LogP contribution in [0.25, 0.3) is 0 Å². The molecule has 0 bridgehead atoms. The van der Waals surface area contributed by atoms with Crippen LogP contribution in [-0.2, 0) is 19.1 Å². The molecule has 1 N–H and O–H groups in total. The molecule has 1 unspecified atom stereocenters. The largest absolute Gasteiger partial charge is 0.396 e. The van der Waals surface area contributed by atoms with Crippen molar-refractivity contribution in [2.75, 3.05) is 37.7 Å². The molecule has 5 rings (SSSR count). The number of hydrogen-bond donors (Lipinski definition) is 1. The highest BCUT2D eigenvalue weighted by atomic mass is 35.5. The van der Waals surface area contributed by atoms with Crippen LogP contribution in [0.15, 0.2) is 48.6 Å². The van der Waals surface area contributed by atoms with Gasteiger partial charge in [0.25, 0.3) is 5.91 Å². The molecule has 216 valence electrons. The summed E-state index contributed by atoms with van der Waals surface area (Å²) >= 11 is 6.13. The standard InChI is InChI=1S/C31H40ClN3O5/c1-3-17-33-18-9-15-30(4-2)24(27(33)37)25-28(38)35(19-7-5-6-8-21-36)26-29(39)34(20-10-16-31(25,26)40-30)23-13-11-22(32)12-14-23/h9-16,24-26,36H,3-8,17-21H2,1-2H3/t24-,25+,26?,30+,31+/m1/s1. The Hall–Kier alpha value is -2.68. The van der Waals surface area contributed by atoms with Gasteiger partial charge in [0.2, 0.25) is 11.8 Å². The highest BCUT2D eigenvalue weighted by Crippen LogP contribution is 2.58. The highest BCUT2D eigenvalue weighted by molar-refractivity contribution is 6.30. The summed E-state index contributed by atoms with van der Waals surface area (Å²) in [6.07, 6.45) is 12.2. The Bertz CT molecular complexity index is 1190. The van der Waals surface area contributed by atoms with Gasteiger partial charge in [-0.05, 0) is 49.9 Å². The number of amides is 3. The molecule has 4 aliphatic heterocycles. The van der Waals surface area contributed by atoms with Crippen molar-refractivity contribution in [3.63, 3.8) is 0 Å². The minimum atomic E-state index is -1.25. The van der Waals surface area contributed by atoms with Crippen molar-refractivity contribution in [2.45, 2.75) is 69.6 Å². The van der Waals surface area contributed by atoms with Gasteiger partial charge in [0.05, 0.1) is 17.4 Å². The quantitative estimate of drug-likeness (QED) is 0.340. The lowest BCUT2D eigenvalue weighted by molar-refractivity contribution is -0.150. The first-order chi connectivity index (χ1) is 19.3. The van der Waals surface area contributed by atoms with E-state index in [9.17, 15) is 19.5 Å². The number of aliphatic hydroxyl groups is 1. The topological polar surface area (TPSA) is 90.4 Å². The molecule has 1 aromatic carbocycles. The van der Waals surface area contributed by atoms with Crippen LogP contribution >= 0.6 is 11.6 Å². The van der Waals surface area contributed by atoms with Crippen molar-refractivity contribution in [3.05, 3.63) is 53.6 Å². The van der Waals surface area contributed by atoms with E-state index in [1.807, 2.05) is 43.1 Å². The maximum atomic E-state index is 14.5. The van der Waals surface area contributed by atoms with E-state index in [-0.39, 0.29) is 24.3 Å². The van der Waals surface area contributed by atoms with Crippen molar-refractivity contribution in [1.29, 1.82) is 0 Å². The molecule has 2 saturated heterocycles. The number of ether oxygens (including phenoxy) is 1. The molecule has 9 heteroatoms. The summed E-state index contributed by atoms with van der Waals surface area (Å²) in [6, 6.07) is 6.22. The maximum absolute atomic E-state index is 14.5. The van der Waals surface area contributed by atoms with Gasteiger partial charge in [-0.25, -0.2) is 0 Å². The van der Waals surface area contributed by atoms with Crippen LogP contribution in [-0.4, -0.2) is 82.7 Å². The second-order valence-corrected chi connectivity index (χ2v) is 11.7. The van der Waals surface area contributed by atoms with Crippen molar-refractivity contribution >= 4 is 35.0 Å². The van der Waals surface area contributed by atoms with Crippen molar-refractivity contribution < 1.29 is 24.2 Å². The van der Waals surface area contributed by atoms with Gasteiger partial charge in [-0.2, -0.15) is 0 Å². The van der Waals surface area contributed by atoms with Gasteiger partial charge in [0.15, 0.2) is 0 Å². The number of halogens is 1. The number of nitrogens with zero attached hydrogens (tertiary/aromatic N) is 3. The number of hydrogen-bond acceptors (Lipinski definition) is 5. The number of benzene rings is 1. The van der Waals surface area contributed by atoms with E-state index in [4.69, 9.17) is 16.3 Å². The minimum Gasteiger partial charge on any atom is -0.396 e. The fourth-order valence-electron chi connectivity index (χ4n) is 7.12. The van der Waals surface area contributed by atoms with Crippen LogP contribution in [0, 0.1) is 11.8 Å². The minimum absolute atomic E-state index is 0.0767. The van der Waals surface area contributed by atoms with E-state index in [1.54, 1.807) is 34.1 Å². The summed E-state index contributed by atoms with van der Waals surface area (Å²) in [5.41, 5.74) is -1.53. The third-order valence-electron chi connectivity index (χ3n) is 8.96. The van der Waals surface area contributed by atoms with E-state index in [0.717, 1.165) is 19.3 Å².